The summed E-state index contributed by atoms with van der Waals surface area (Å²) in [6.45, 7) is 5.23. The van der Waals surface area contributed by atoms with E-state index >= 15 is 0 Å². The van der Waals surface area contributed by atoms with Crippen molar-refractivity contribution in [3.63, 3.8) is 0 Å². The number of pyridine rings is 2. The molecule has 39 heavy (non-hydrogen) atoms. The minimum Gasteiger partial charge on any atom is -0.344 e. The number of carbonyl (C=O) groups excluding carboxylic acids is 3. The fourth-order valence-electron chi connectivity index (χ4n) is 4.66. The van der Waals surface area contributed by atoms with Crippen molar-refractivity contribution < 1.29 is 22.8 Å². The monoisotopic (exact) mass is 551 g/mol. The summed E-state index contributed by atoms with van der Waals surface area (Å²) in [4.78, 5) is 47.8. The number of benzene rings is 1. The lowest BCUT2D eigenvalue weighted by molar-refractivity contribution is -0.129. The molecule has 1 aliphatic rings. The summed E-state index contributed by atoms with van der Waals surface area (Å²) >= 11 is 0. The molecule has 0 bridgehead atoms. The lowest BCUT2D eigenvalue weighted by atomic mass is 10.0. The summed E-state index contributed by atoms with van der Waals surface area (Å²) < 4.78 is 27.5. The number of hydrogen-bond donors (Lipinski definition) is 2. The van der Waals surface area contributed by atoms with Crippen molar-refractivity contribution in [2.75, 3.05) is 6.54 Å². The molecule has 0 saturated carbocycles. The van der Waals surface area contributed by atoms with Crippen LogP contribution in [0.15, 0.2) is 66.0 Å². The number of nitrogens with zero attached hydrogens (tertiary/aromatic N) is 3. The Labute approximate surface area is 228 Å². The first-order valence-corrected chi connectivity index (χ1v) is 14.4. The maximum Gasteiger partial charge on any atom is 0.261 e. The second-order valence-electron chi connectivity index (χ2n) is 10.2. The first kappa shape index (κ1) is 28.3. The molecule has 10 nitrogen and oxygen atoms in total. The molecule has 1 fully saturated rings. The van der Waals surface area contributed by atoms with Gasteiger partial charge in [-0.2, -0.15) is 4.31 Å². The largest absolute Gasteiger partial charge is 0.344 e. The molecule has 4 rings (SSSR count). The molecule has 206 valence electrons. The number of ketones is 1. The maximum atomic E-state index is 13.3. The van der Waals surface area contributed by atoms with Gasteiger partial charge in [-0.05, 0) is 68.5 Å². The first-order chi connectivity index (χ1) is 18.6. The van der Waals surface area contributed by atoms with Gasteiger partial charge < -0.3 is 10.6 Å². The predicted octanol–water partition coefficient (Wildman–Crippen LogP) is 2.70. The minimum absolute atomic E-state index is 0.0886. The molecule has 1 saturated heterocycles. The SMILES string of the molecule is CC(C)C[C@H](NC(=O)c1ccc2ncccc2c1)C(=O)N[C@@H]1CC[C@@H](C)N(S(=O)(=O)c2ccccn2)CC1=O. The van der Waals surface area contributed by atoms with E-state index in [1.165, 1.54) is 12.3 Å². The van der Waals surface area contributed by atoms with Gasteiger partial charge in [0.25, 0.3) is 15.9 Å². The molecule has 2 amide bonds. The van der Waals surface area contributed by atoms with Gasteiger partial charge in [-0.1, -0.05) is 26.0 Å². The summed E-state index contributed by atoms with van der Waals surface area (Å²) in [5.74, 6) is -1.21. The van der Waals surface area contributed by atoms with Crippen molar-refractivity contribution in [2.24, 2.45) is 5.92 Å². The van der Waals surface area contributed by atoms with E-state index in [4.69, 9.17) is 0 Å². The lowest BCUT2D eigenvalue weighted by Crippen LogP contribution is -2.52. The number of fused-ring (bicyclic) bond motifs is 1. The van der Waals surface area contributed by atoms with Crippen LogP contribution < -0.4 is 10.6 Å². The molecule has 0 unspecified atom stereocenters. The van der Waals surface area contributed by atoms with Crippen LogP contribution >= 0.6 is 0 Å². The van der Waals surface area contributed by atoms with Crippen LogP contribution in [-0.2, 0) is 19.6 Å². The fraction of sp³-hybridized carbons (Fsp3) is 0.393. The quantitative estimate of drug-likeness (QED) is 0.439. The van der Waals surface area contributed by atoms with E-state index in [0.29, 0.717) is 18.4 Å². The number of sulfonamides is 1. The van der Waals surface area contributed by atoms with E-state index in [2.05, 4.69) is 20.6 Å². The Hall–Kier alpha value is -3.70. The molecule has 0 radical (unpaired) electrons. The van der Waals surface area contributed by atoms with Crippen molar-refractivity contribution in [3.05, 3.63) is 66.5 Å². The van der Waals surface area contributed by atoms with E-state index in [1.54, 1.807) is 49.5 Å². The molecule has 1 aliphatic heterocycles. The molecule has 3 aromatic rings. The van der Waals surface area contributed by atoms with Crippen LogP contribution in [0.1, 0.15) is 50.4 Å². The summed E-state index contributed by atoms with van der Waals surface area (Å²) in [7, 11) is -3.99. The highest BCUT2D eigenvalue weighted by atomic mass is 32.2. The van der Waals surface area contributed by atoms with Crippen molar-refractivity contribution in [1.82, 2.24) is 24.9 Å². The van der Waals surface area contributed by atoms with Crippen LogP contribution in [0, 0.1) is 5.92 Å². The van der Waals surface area contributed by atoms with E-state index in [9.17, 15) is 22.8 Å². The molecular weight excluding hydrogens is 518 g/mol. The van der Waals surface area contributed by atoms with Crippen LogP contribution in [0.4, 0.5) is 0 Å². The molecule has 2 aromatic heterocycles. The maximum absolute atomic E-state index is 13.3. The van der Waals surface area contributed by atoms with E-state index in [1.807, 2.05) is 19.9 Å². The lowest BCUT2D eigenvalue weighted by Gasteiger charge is -2.25. The summed E-state index contributed by atoms with van der Waals surface area (Å²) in [6, 6.07) is 11.1. The smallest absolute Gasteiger partial charge is 0.261 e. The molecule has 0 spiro atoms. The van der Waals surface area contributed by atoms with Gasteiger partial charge in [0.15, 0.2) is 10.8 Å². The third kappa shape index (κ3) is 6.66. The van der Waals surface area contributed by atoms with E-state index in [0.717, 1.165) is 15.2 Å². The standard InChI is InChI=1S/C28H33N5O5S/c1-18(2)15-24(32-27(35)21-10-12-22-20(16-21)7-6-14-29-22)28(36)31-23-11-9-19(3)33(17-25(23)34)39(37,38)26-8-4-5-13-30-26/h4-8,10,12-14,16,18-19,23-24H,9,11,15,17H2,1-3H3,(H,31,36)(H,32,35)/t19-,23-,24+/m1/s1. The Morgan fingerprint density at radius 1 is 1.05 bits per heavy atom. The highest BCUT2D eigenvalue weighted by Crippen LogP contribution is 2.23. The summed E-state index contributed by atoms with van der Waals surface area (Å²) in [6.07, 6.45) is 4.07. The molecule has 2 N–H and O–H groups in total. The van der Waals surface area contributed by atoms with Gasteiger partial charge in [0.1, 0.15) is 6.04 Å². The first-order valence-electron chi connectivity index (χ1n) is 13.0. The molecule has 0 aliphatic carbocycles. The van der Waals surface area contributed by atoms with Gasteiger partial charge in [-0.3, -0.25) is 19.4 Å². The Morgan fingerprint density at radius 2 is 1.82 bits per heavy atom. The van der Waals surface area contributed by atoms with Crippen LogP contribution in [0.5, 0.6) is 0 Å². The molecule has 3 heterocycles. The Balaban J connectivity index is 1.47. The Bertz CT molecular complexity index is 1460. The average molecular weight is 552 g/mol. The molecule has 1 aromatic carbocycles. The topological polar surface area (TPSA) is 138 Å². The minimum atomic E-state index is -3.99. The van der Waals surface area contributed by atoms with E-state index < -0.39 is 45.7 Å². The number of nitrogens with one attached hydrogen (secondary N) is 2. The van der Waals surface area contributed by atoms with Gasteiger partial charge in [-0.25, -0.2) is 13.4 Å². The average Bonchev–Trinajstić information content (AvgIpc) is 3.06. The van der Waals surface area contributed by atoms with Gasteiger partial charge in [0.2, 0.25) is 5.91 Å². The van der Waals surface area contributed by atoms with Crippen LogP contribution in [0.2, 0.25) is 0 Å². The Morgan fingerprint density at radius 3 is 2.54 bits per heavy atom. The summed E-state index contributed by atoms with van der Waals surface area (Å²) in [5, 5.41) is 6.27. The predicted molar refractivity (Wildman–Crippen MR) is 146 cm³/mol. The van der Waals surface area contributed by atoms with Crippen LogP contribution in [0.25, 0.3) is 10.9 Å². The number of hydrogen-bond acceptors (Lipinski definition) is 7. The number of carbonyl (C=O) groups is 3. The molecule has 11 heteroatoms. The van der Waals surface area contributed by atoms with Crippen LogP contribution in [-0.4, -0.2) is 65.0 Å². The number of rotatable bonds is 8. The zero-order valence-corrected chi connectivity index (χ0v) is 23.0. The van der Waals surface area contributed by atoms with Gasteiger partial charge in [0.05, 0.1) is 18.1 Å². The van der Waals surface area contributed by atoms with Gasteiger partial charge >= 0.3 is 0 Å². The third-order valence-electron chi connectivity index (χ3n) is 6.79. The second-order valence-corrected chi connectivity index (χ2v) is 12.1. The second kappa shape index (κ2) is 12.0. The third-order valence-corrected chi connectivity index (χ3v) is 8.66. The number of amides is 2. The molecule has 3 atom stereocenters. The normalized spacial score (nSPS) is 19.4. The summed E-state index contributed by atoms with van der Waals surface area (Å²) in [5.41, 5.74) is 1.15. The van der Waals surface area contributed by atoms with Crippen molar-refractivity contribution in [3.8, 4) is 0 Å². The zero-order chi connectivity index (χ0) is 28.2. The van der Waals surface area contributed by atoms with E-state index in [-0.39, 0.29) is 23.9 Å². The van der Waals surface area contributed by atoms with Gasteiger partial charge in [0, 0.05) is 29.4 Å². The highest BCUT2D eigenvalue weighted by Gasteiger charge is 2.38. The molecular formula is C28H33N5O5S. The number of aromatic nitrogens is 2. The highest BCUT2D eigenvalue weighted by molar-refractivity contribution is 7.89. The zero-order valence-electron chi connectivity index (χ0n) is 22.2. The van der Waals surface area contributed by atoms with Crippen molar-refractivity contribution >= 4 is 38.5 Å². The van der Waals surface area contributed by atoms with Gasteiger partial charge in [-0.15, -0.1) is 0 Å². The van der Waals surface area contributed by atoms with Crippen molar-refractivity contribution in [2.45, 2.75) is 63.2 Å². The number of Topliss-reactive ketones (excluding diaryl/α,β-unsaturated/α-hetero) is 1. The Kier molecular flexibility index (Phi) is 8.71. The fourth-order valence-corrected chi connectivity index (χ4v) is 6.22. The van der Waals surface area contributed by atoms with Crippen LogP contribution in [0.3, 0.4) is 0 Å². The van der Waals surface area contributed by atoms with Crippen molar-refractivity contribution in [1.29, 1.82) is 0 Å².